The summed E-state index contributed by atoms with van der Waals surface area (Å²) < 4.78 is 3.35. The largest absolute Gasteiger partial charge is 0.402 e. The Morgan fingerprint density at radius 2 is 1.83 bits per heavy atom. The molecule has 2 aliphatic rings. The normalized spacial score (nSPS) is 19.3. The monoisotopic (exact) mass is 332 g/mol. The SMILES string of the molecule is CC(=O)CN1C(=O)C2C(=Nc3n(CC(C)=O)c(C)c[n+]32)N(C)C1=O. The number of likely N-dealkylation sites (N-methyl/N-ethyl adjacent to an activating group) is 1. The molecule has 0 aliphatic carbocycles. The Morgan fingerprint density at radius 1 is 1.21 bits per heavy atom. The topological polar surface area (TPSA) is 95.9 Å². The standard InChI is InChI=1S/C15H18N5O4/c1-8-5-19-11-12(16-14(19)18(8)6-9(2)21)17(4)15(24)20(13(11)23)7-10(3)22/h5,11H,6-7H2,1-4H3/q+1. The lowest BCUT2D eigenvalue weighted by Crippen LogP contribution is -2.63. The zero-order valence-corrected chi connectivity index (χ0v) is 13.9. The number of aromatic nitrogens is 2. The number of carbonyl (C=O) groups is 4. The molecule has 1 atom stereocenters. The summed E-state index contributed by atoms with van der Waals surface area (Å²) in [5, 5.41) is 0. The second kappa shape index (κ2) is 5.36. The van der Waals surface area contributed by atoms with Gasteiger partial charge in [-0.2, -0.15) is 0 Å². The Labute approximate surface area is 138 Å². The molecule has 3 rings (SSSR count). The summed E-state index contributed by atoms with van der Waals surface area (Å²) in [7, 11) is 1.52. The van der Waals surface area contributed by atoms with Gasteiger partial charge in [0.2, 0.25) is 11.9 Å². The fraction of sp³-hybridized carbons (Fsp3) is 0.467. The Balaban J connectivity index is 2.08. The lowest BCUT2D eigenvalue weighted by atomic mass is 10.1. The summed E-state index contributed by atoms with van der Waals surface area (Å²) in [6.45, 7) is 4.49. The van der Waals surface area contributed by atoms with Gasteiger partial charge < -0.3 is 0 Å². The highest BCUT2D eigenvalue weighted by Crippen LogP contribution is 2.29. The van der Waals surface area contributed by atoms with E-state index in [4.69, 9.17) is 0 Å². The molecule has 9 heteroatoms. The summed E-state index contributed by atoms with van der Waals surface area (Å²) in [4.78, 5) is 54.6. The third-order valence-corrected chi connectivity index (χ3v) is 4.08. The number of nitrogens with zero attached hydrogens (tertiary/aromatic N) is 5. The van der Waals surface area contributed by atoms with Gasteiger partial charge in [-0.3, -0.25) is 24.2 Å². The molecule has 1 aromatic rings. The van der Waals surface area contributed by atoms with Crippen LogP contribution in [0.25, 0.3) is 0 Å². The van der Waals surface area contributed by atoms with Gasteiger partial charge in [-0.05, 0) is 20.8 Å². The van der Waals surface area contributed by atoms with E-state index in [0.717, 1.165) is 10.6 Å². The van der Waals surface area contributed by atoms with Gasteiger partial charge in [0.15, 0.2) is 5.78 Å². The van der Waals surface area contributed by atoms with Crippen LogP contribution < -0.4 is 4.57 Å². The molecule has 126 valence electrons. The molecule has 1 aromatic heterocycles. The van der Waals surface area contributed by atoms with E-state index in [2.05, 4.69) is 4.99 Å². The number of rotatable bonds is 4. The van der Waals surface area contributed by atoms with Crippen molar-refractivity contribution in [3.8, 4) is 0 Å². The van der Waals surface area contributed by atoms with E-state index in [9.17, 15) is 19.2 Å². The summed E-state index contributed by atoms with van der Waals surface area (Å²) in [5.41, 5.74) is 0.786. The minimum absolute atomic E-state index is 0.0406. The van der Waals surface area contributed by atoms with Crippen LogP contribution in [-0.4, -0.2) is 57.3 Å². The molecular weight excluding hydrogens is 314 g/mol. The Kier molecular flexibility index (Phi) is 3.58. The van der Waals surface area contributed by atoms with E-state index in [0.29, 0.717) is 11.8 Å². The van der Waals surface area contributed by atoms with Crippen molar-refractivity contribution in [3.05, 3.63) is 11.9 Å². The smallest absolute Gasteiger partial charge is 0.298 e. The van der Waals surface area contributed by atoms with Crippen molar-refractivity contribution in [1.29, 1.82) is 0 Å². The van der Waals surface area contributed by atoms with Crippen LogP contribution in [0.5, 0.6) is 0 Å². The third-order valence-electron chi connectivity index (χ3n) is 4.08. The van der Waals surface area contributed by atoms with E-state index in [1.54, 1.807) is 15.3 Å². The molecule has 3 amide bonds. The Hall–Kier alpha value is -2.84. The number of hydrogen-bond donors (Lipinski definition) is 0. The van der Waals surface area contributed by atoms with Crippen LogP contribution >= 0.6 is 0 Å². The second-order valence-electron chi connectivity index (χ2n) is 6.11. The van der Waals surface area contributed by atoms with Crippen molar-refractivity contribution < 1.29 is 23.7 Å². The highest BCUT2D eigenvalue weighted by Gasteiger charge is 2.53. The number of imide groups is 1. The average molecular weight is 332 g/mol. The van der Waals surface area contributed by atoms with Crippen LogP contribution in [0.2, 0.25) is 0 Å². The van der Waals surface area contributed by atoms with Gasteiger partial charge in [0.05, 0.1) is 6.54 Å². The van der Waals surface area contributed by atoms with Crippen LogP contribution in [0.4, 0.5) is 10.7 Å². The Morgan fingerprint density at radius 3 is 2.42 bits per heavy atom. The number of ketones is 2. The predicted octanol–water partition coefficient (Wildman–Crippen LogP) is -0.259. The Bertz CT molecular complexity index is 822. The molecule has 1 unspecified atom stereocenters. The van der Waals surface area contributed by atoms with Crippen molar-refractivity contribution in [2.45, 2.75) is 33.4 Å². The molecule has 0 N–H and O–H groups in total. The molecule has 24 heavy (non-hydrogen) atoms. The number of urea groups is 1. The van der Waals surface area contributed by atoms with Crippen LogP contribution in [0, 0.1) is 6.92 Å². The maximum absolute atomic E-state index is 12.8. The molecule has 0 aromatic carbocycles. The first-order valence-corrected chi connectivity index (χ1v) is 7.50. The van der Waals surface area contributed by atoms with Crippen molar-refractivity contribution >= 4 is 35.3 Å². The number of amides is 3. The first-order chi connectivity index (χ1) is 11.2. The number of Topliss-reactive ketones (excluding diaryl/α,β-unsaturated/α-hetero) is 2. The number of carbonyl (C=O) groups excluding carboxylic acids is 4. The minimum Gasteiger partial charge on any atom is -0.298 e. The van der Waals surface area contributed by atoms with Crippen molar-refractivity contribution in [3.63, 3.8) is 0 Å². The second-order valence-corrected chi connectivity index (χ2v) is 6.11. The average Bonchev–Trinajstić information content (AvgIpc) is 2.98. The lowest BCUT2D eigenvalue weighted by Gasteiger charge is -2.32. The highest BCUT2D eigenvalue weighted by molar-refractivity contribution is 6.19. The van der Waals surface area contributed by atoms with Crippen LogP contribution in [-0.2, 0) is 20.9 Å². The highest BCUT2D eigenvalue weighted by atomic mass is 16.2. The number of aryl methyl sites for hydroxylation is 1. The molecule has 1 saturated heterocycles. The number of fused-ring (bicyclic) bond motifs is 3. The van der Waals surface area contributed by atoms with E-state index in [-0.39, 0.29) is 24.7 Å². The molecule has 2 aliphatic heterocycles. The molecule has 0 saturated carbocycles. The molecule has 0 radical (unpaired) electrons. The molecule has 1 fully saturated rings. The summed E-state index contributed by atoms with van der Waals surface area (Å²) in [6.07, 6.45) is 1.73. The summed E-state index contributed by atoms with van der Waals surface area (Å²) in [6, 6.07) is -1.38. The van der Waals surface area contributed by atoms with Gasteiger partial charge in [0, 0.05) is 7.05 Å². The molecule has 0 spiro atoms. The van der Waals surface area contributed by atoms with E-state index in [1.165, 1.54) is 25.8 Å². The number of amidine groups is 1. The number of imidazole rings is 1. The molecule has 9 nitrogen and oxygen atoms in total. The van der Waals surface area contributed by atoms with Crippen molar-refractivity contribution in [1.82, 2.24) is 14.4 Å². The zero-order valence-electron chi connectivity index (χ0n) is 13.9. The van der Waals surface area contributed by atoms with Crippen molar-refractivity contribution in [2.75, 3.05) is 13.6 Å². The first kappa shape index (κ1) is 16.0. The van der Waals surface area contributed by atoms with Crippen LogP contribution in [0.15, 0.2) is 11.2 Å². The maximum Gasteiger partial charge on any atom is 0.402 e. The number of aliphatic imine (C=N–C) groups is 1. The predicted molar refractivity (Wildman–Crippen MR) is 81.7 cm³/mol. The lowest BCUT2D eigenvalue weighted by molar-refractivity contribution is -0.677. The van der Waals surface area contributed by atoms with E-state index < -0.39 is 18.0 Å². The van der Waals surface area contributed by atoms with E-state index in [1.807, 2.05) is 6.92 Å². The van der Waals surface area contributed by atoms with Gasteiger partial charge in [0.25, 0.3) is 5.91 Å². The van der Waals surface area contributed by atoms with Crippen LogP contribution in [0.1, 0.15) is 25.6 Å². The molecule has 0 bridgehead atoms. The van der Waals surface area contributed by atoms with Gasteiger partial charge >= 0.3 is 12.0 Å². The van der Waals surface area contributed by atoms with Gasteiger partial charge in [0.1, 0.15) is 24.2 Å². The molecule has 3 heterocycles. The zero-order chi connectivity index (χ0) is 17.8. The molecular formula is C15H18N5O4+. The quantitative estimate of drug-likeness (QED) is 0.710. The van der Waals surface area contributed by atoms with Crippen molar-refractivity contribution in [2.24, 2.45) is 4.99 Å². The fourth-order valence-corrected chi connectivity index (χ4v) is 3.02. The van der Waals surface area contributed by atoms with Gasteiger partial charge in [-0.1, -0.05) is 4.99 Å². The minimum atomic E-state index is -0.797. The van der Waals surface area contributed by atoms with Gasteiger partial charge in [-0.25, -0.2) is 13.9 Å². The van der Waals surface area contributed by atoms with Gasteiger partial charge in [-0.15, -0.1) is 0 Å². The fourth-order valence-electron chi connectivity index (χ4n) is 3.02. The maximum atomic E-state index is 12.8. The number of hydrogen-bond acceptors (Lipinski definition) is 5. The third kappa shape index (κ3) is 2.24. The van der Waals surface area contributed by atoms with E-state index >= 15 is 0 Å². The first-order valence-electron chi connectivity index (χ1n) is 7.50. The summed E-state index contributed by atoms with van der Waals surface area (Å²) in [5.74, 6) is -0.0616. The summed E-state index contributed by atoms with van der Waals surface area (Å²) >= 11 is 0. The van der Waals surface area contributed by atoms with Crippen LogP contribution in [0.3, 0.4) is 0 Å².